The number of hydrogen-bond donors (Lipinski definition) is 2. The van der Waals surface area contributed by atoms with E-state index >= 15 is 0 Å². The molecule has 0 aliphatic carbocycles. The van der Waals surface area contributed by atoms with E-state index in [0.29, 0.717) is 0 Å². The molecule has 0 fully saturated rings. The summed E-state index contributed by atoms with van der Waals surface area (Å²) in [5.74, 6) is 0.728. The molecular formula is C11H17N3O. The molecule has 1 aromatic rings. The number of hydrogen-bond acceptors (Lipinski definition) is 3. The Morgan fingerprint density at radius 2 is 2.27 bits per heavy atom. The standard InChI is InChI=1S/C11H17N3O/c1-3-6-12-11(15)8-14-10-5-4-9(2)7-13-10/h4-5,7H,3,6,8H2,1-2H3,(H,12,15)(H,13,14). The van der Waals surface area contributed by atoms with Gasteiger partial charge in [0.15, 0.2) is 0 Å². The molecule has 1 heterocycles. The zero-order valence-corrected chi connectivity index (χ0v) is 9.21. The molecule has 15 heavy (non-hydrogen) atoms. The number of aromatic nitrogens is 1. The minimum atomic E-state index is -0.000718. The lowest BCUT2D eigenvalue weighted by Gasteiger charge is -2.06. The Balaban J connectivity index is 2.30. The number of rotatable bonds is 5. The molecule has 0 saturated carbocycles. The molecule has 1 aromatic heterocycles. The lowest BCUT2D eigenvalue weighted by molar-refractivity contribution is -0.119. The zero-order valence-electron chi connectivity index (χ0n) is 9.21. The van der Waals surface area contributed by atoms with Crippen LogP contribution in [0.2, 0.25) is 0 Å². The van der Waals surface area contributed by atoms with Crippen molar-refractivity contribution in [1.29, 1.82) is 0 Å². The highest BCUT2D eigenvalue weighted by atomic mass is 16.1. The van der Waals surface area contributed by atoms with Crippen LogP contribution in [0.4, 0.5) is 5.82 Å². The lowest BCUT2D eigenvalue weighted by Crippen LogP contribution is -2.30. The number of carbonyl (C=O) groups excluding carboxylic acids is 1. The Kier molecular flexibility index (Phi) is 4.60. The number of nitrogens with one attached hydrogen (secondary N) is 2. The first kappa shape index (κ1) is 11.5. The first-order valence-corrected chi connectivity index (χ1v) is 5.15. The highest BCUT2D eigenvalue weighted by molar-refractivity contribution is 5.80. The Morgan fingerprint density at radius 1 is 1.47 bits per heavy atom. The zero-order chi connectivity index (χ0) is 11.1. The van der Waals surface area contributed by atoms with E-state index in [2.05, 4.69) is 15.6 Å². The van der Waals surface area contributed by atoms with Crippen LogP contribution < -0.4 is 10.6 Å². The van der Waals surface area contributed by atoms with E-state index < -0.39 is 0 Å². The molecule has 0 bridgehead atoms. The fourth-order valence-electron chi connectivity index (χ4n) is 1.07. The summed E-state index contributed by atoms with van der Waals surface area (Å²) in [6, 6.07) is 3.82. The third-order valence-corrected chi connectivity index (χ3v) is 1.91. The van der Waals surface area contributed by atoms with Gasteiger partial charge in [-0.05, 0) is 25.0 Å². The minimum Gasteiger partial charge on any atom is -0.361 e. The lowest BCUT2D eigenvalue weighted by atomic mass is 10.3. The summed E-state index contributed by atoms with van der Waals surface area (Å²) in [5.41, 5.74) is 1.11. The molecule has 82 valence electrons. The van der Waals surface area contributed by atoms with E-state index in [4.69, 9.17) is 0 Å². The monoisotopic (exact) mass is 207 g/mol. The van der Waals surface area contributed by atoms with Crippen molar-refractivity contribution in [1.82, 2.24) is 10.3 Å². The summed E-state index contributed by atoms with van der Waals surface area (Å²) in [5, 5.41) is 5.74. The summed E-state index contributed by atoms with van der Waals surface area (Å²) in [7, 11) is 0. The van der Waals surface area contributed by atoms with E-state index in [1.807, 2.05) is 26.0 Å². The summed E-state index contributed by atoms with van der Waals surface area (Å²) in [6.07, 6.45) is 2.72. The summed E-state index contributed by atoms with van der Waals surface area (Å²) >= 11 is 0. The van der Waals surface area contributed by atoms with Crippen LogP contribution >= 0.6 is 0 Å². The molecular weight excluding hydrogens is 190 g/mol. The van der Waals surface area contributed by atoms with Crippen LogP contribution in [0.3, 0.4) is 0 Å². The van der Waals surface area contributed by atoms with Gasteiger partial charge in [-0.3, -0.25) is 4.79 Å². The van der Waals surface area contributed by atoms with Crippen LogP contribution in [0.1, 0.15) is 18.9 Å². The predicted octanol–water partition coefficient (Wildman–Crippen LogP) is 1.33. The van der Waals surface area contributed by atoms with Crippen molar-refractivity contribution >= 4 is 11.7 Å². The average molecular weight is 207 g/mol. The van der Waals surface area contributed by atoms with Crippen molar-refractivity contribution in [3.05, 3.63) is 23.9 Å². The van der Waals surface area contributed by atoms with Crippen molar-refractivity contribution in [2.75, 3.05) is 18.4 Å². The predicted molar refractivity (Wildman–Crippen MR) is 60.8 cm³/mol. The fourth-order valence-corrected chi connectivity index (χ4v) is 1.07. The van der Waals surface area contributed by atoms with Crippen molar-refractivity contribution in [3.63, 3.8) is 0 Å². The largest absolute Gasteiger partial charge is 0.361 e. The van der Waals surface area contributed by atoms with Gasteiger partial charge >= 0.3 is 0 Å². The van der Waals surface area contributed by atoms with Crippen LogP contribution in [-0.2, 0) is 4.79 Å². The summed E-state index contributed by atoms with van der Waals surface area (Å²) in [6.45, 7) is 5.00. The van der Waals surface area contributed by atoms with Gasteiger partial charge in [0, 0.05) is 12.7 Å². The van der Waals surface area contributed by atoms with E-state index in [-0.39, 0.29) is 12.5 Å². The maximum Gasteiger partial charge on any atom is 0.239 e. The number of aryl methyl sites for hydroxylation is 1. The number of pyridine rings is 1. The van der Waals surface area contributed by atoms with Crippen molar-refractivity contribution in [2.45, 2.75) is 20.3 Å². The number of amides is 1. The molecule has 0 unspecified atom stereocenters. The molecule has 2 N–H and O–H groups in total. The number of nitrogens with zero attached hydrogens (tertiary/aromatic N) is 1. The van der Waals surface area contributed by atoms with Crippen LogP contribution in [0, 0.1) is 6.92 Å². The van der Waals surface area contributed by atoms with Gasteiger partial charge in [-0.2, -0.15) is 0 Å². The van der Waals surface area contributed by atoms with Gasteiger partial charge in [0.05, 0.1) is 6.54 Å². The topological polar surface area (TPSA) is 54.0 Å². The van der Waals surface area contributed by atoms with Gasteiger partial charge in [-0.25, -0.2) is 4.98 Å². The molecule has 0 atom stereocenters. The van der Waals surface area contributed by atoms with E-state index in [1.165, 1.54) is 0 Å². The van der Waals surface area contributed by atoms with Crippen LogP contribution in [0.15, 0.2) is 18.3 Å². The summed E-state index contributed by atoms with van der Waals surface area (Å²) < 4.78 is 0. The molecule has 1 amide bonds. The molecule has 4 heteroatoms. The van der Waals surface area contributed by atoms with E-state index in [1.54, 1.807) is 6.20 Å². The highest BCUT2D eigenvalue weighted by Gasteiger charge is 1.99. The first-order valence-electron chi connectivity index (χ1n) is 5.15. The normalized spacial score (nSPS) is 9.73. The quantitative estimate of drug-likeness (QED) is 0.765. The van der Waals surface area contributed by atoms with E-state index in [9.17, 15) is 4.79 Å². The van der Waals surface area contributed by atoms with Gasteiger partial charge in [0.2, 0.25) is 5.91 Å². The van der Waals surface area contributed by atoms with Gasteiger partial charge in [-0.15, -0.1) is 0 Å². The second-order valence-corrected chi connectivity index (χ2v) is 3.42. The smallest absolute Gasteiger partial charge is 0.239 e. The minimum absolute atomic E-state index is 0.000718. The van der Waals surface area contributed by atoms with Crippen LogP contribution in [0.25, 0.3) is 0 Å². The van der Waals surface area contributed by atoms with Gasteiger partial charge in [-0.1, -0.05) is 13.0 Å². The first-order chi connectivity index (χ1) is 7.22. The van der Waals surface area contributed by atoms with Gasteiger partial charge in [0.1, 0.15) is 5.82 Å². The van der Waals surface area contributed by atoms with Gasteiger partial charge < -0.3 is 10.6 Å². The van der Waals surface area contributed by atoms with Crippen molar-refractivity contribution in [2.24, 2.45) is 0 Å². The Labute approximate surface area is 90.1 Å². The molecule has 4 nitrogen and oxygen atoms in total. The Morgan fingerprint density at radius 3 is 2.87 bits per heavy atom. The maximum absolute atomic E-state index is 11.2. The van der Waals surface area contributed by atoms with Crippen LogP contribution in [-0.4, -0.2) is 24.0 Å². The molecule has 0 aliphatic rings. The average Bonchev–Trinajstić information content (AvgIpc) is 2.25. The van der Waals surface area contributed by atoms with E-state index in [0.717, 1.165) is 24.3 Å². The Bertz CT molecular complexity index is 308. The molecule has 1 rings (SSSR count). The second kappa shape index (κ2) is 6.01. The summed E-state index contributed by atoms with van der Waals surface area (Å²) in [4.78, 5) is 15.4. The third-order valence-electron chi connectivity index (χ3n) is 1.91. The SMILES string of the molecule is CCCNC(=O)CNc1ccc(C)cn1. The highest BCUT2D eigenvalue weighted by Crippen LogP contribution is 2.02. The number of carbonyl (C=O) groups is 1. The third kappa shape index (κ3) is 4.44. The van der Waals surface area contributed by atoms with Crippen molar-refractivity contribution < 1.29 is 4.79 Å². The van der Waals surface area contributed by atoms with Gasteiger partial charge in [0.25, 0.3) is 0 Å². The molecule has 0 radical (unpaired) electrons. The fraction of sp³-hybridized carbons (Fsp3) is 0.455. The molecule has 0 saturated heterocycles. The van der Waals surface area contributed by atoms with Crippen molar-refractivity contribution in [3.8, 4) is 0 Å². The van der Waals surface area contributed by atoms with Crippen LogP contribution in [0.5, 0.6) is 0 Å². The molecule has 0 aromatic carbocycles. The molecule has 0 aliphatic heterocycles. The number of anilines is 1. The Hall–Kier alpha value is -1.58. The second-order valence-electron chi connectivity index (χ2n) is 3.42. The molecule has 0 spiro atoms. The maximum atomic E-state index is 11.2.